The van der Waals surface area contributed by atoms with Gasteiger partial charge in [0.05, 0.1) is 11.3 Å². The summed E-state index contributed by atoms with van der Waals surface area (Å²) in [5.74, 6) is -0.524. The molecule has 0 unspecified atom stereocenters. The second-order valence-corrected chi connectivity index (χ2v) is 5.25. The molecule has 0 amide bonds. The van der Waals surface area contributed by atoms with Crippen LogP contribution < -0.4 is 0 Å². The Morgan fingerprint density at radius 1 is 1.25 bits per heavy atom. The molecule has 2 aromatic rings. The van der Waals surface area contributed by atoms with Gasteiger partial charge in [-0.05, 0) is 29.8 Å². The lowest BCUT2D eigenvalue weighted by Crippen LogP contribution is -2.11. The van der Waals surface area contributed by atoms with E-state index in [0.717, 1.165) is 17.7 Å². The van der Waals surface area contributed by atoms with E-state index in [2.05, 4.69) is 15.1 Å². The van der Waals surface area contributed by atoms with Crippen LogP contribution in [0.3, 0.4) is 0 Å². The zero-order valence-electron chi connectivity index (χ0n) is 12.2. The van der Waals surface area contributed by atoms with Crippen LogP contribution in [0.1, 0.15) is 22.3 Å². The maximum atomic E-state index is 13.5. The Hall–Kier alpha value is -2.77. The highest BCUT2D eigenvalue weighted by atomic mass is 19.4. The molecule has 8 heteroatoms. The minimum absolute atomic E-state index is 0.0552. The van der Waals surface area contributed by atoms with Crippen LogP contribution >= 0.6 is 0 Å². The van der Waals surface area contributed by atoms with Crippen molar-refractivity contribution in [1.82, 2.24) is 4.98 Å². The number of pyridine rings is 1. The van der Waals surface area contributed by atoms with Crippen molar-refractivity contribution < 1.29 is 22.8 Å². The number of alkyl halides is 3. The van der Waals surface area contributed by atoms with Crippen LogP contribution in [0.4, 0.5) is 23.4 Å². The van der Waals surface area contributed by atoms with Crippen LogP contribution in [0.5, 0.6) is 0 Å². The van der Waals surface area contributed by atoms with E-state index in [1.807, 2.05) is 0 Å². The van der Waals surface area contributed by atoms with Gasteiger partial charge in [-0.1, -0.05) is 5.16 Å². The molecule has 1 aromatic heterocycles. The highest BCUT2D eigenvalue weighted by molar-refractivity contribution is 6.04. The first-order valence-corrected chi connectivity index (χ1v) is 6.97. The van der Waals surface area contributed by atoms with E-state index in [0.29, 0.717) is 23.9 Å². The predicted molar refractivity (Wildman–Crippen MR) is 79.5 cm³/mol. The summed E-state index contributed by atoms with van der Waals surface area (Å²) in [6, 6.07) is 3.84. The molecule has 24 heavy (non-hydrogen) atoms. The summed E-state index contributed by atoms with van der Waals surface area (Å²) < 4.78 is 51.9. The van der Waals surface area contributed by atoms with E-state index in [1.165, 1.54) is 6.20 Å². The highest BCUT2D eigenvalue weighted by Crippen LogP contribution is 2.31. The fourth-order valence-electron chi connectivity index (χ4n) is 2.58. The second kappa shape index (κ2) is 6.03. The van der Waals surface area contributed by atoms with E-state index in [-0.39, 0.29) is 17.7 Å². The van der Waals surface area contributed by atoms with E-state index in [9.17, 15) is 22.8 Å². The number of benzene rings is 1. The number of hydrogen-bond acceptors (Lipinski definition) is 4. The third-order valence-corrected chi connectivity index (χ3v) is 3.63. The zero-order valence-corrected chi connectivity index (χ0v) is 12.2. The lowest BCUT2D eigenvalue weighted by molar-refractivity contribution is -0.137. The third-order valence-electron chi connectivity index (χ3n) is 3.63. The van der Waals surface area contributed by atoms with Gasteiger partial charge in [-0.25, -0.2) is 14.4 Å². The van der Waals surface area contributed by atoms with E-state index in [1.54, 1.807) is 12.3 Å². The van der Waals surface area contributed by atoms with Crippen molar-refractivity contribution in [2.45, 2.75) is 19.0 Å². The van der Waals surface area contributed by atoms with Gasteiger partial charge in [0.2, 0.25) is 0 Å². The molecule has 0 atom stereocenters. The first-order valence-electron chi connectivity index (χ1n) is 6.97. The van der Waals surface area contributed by atoms with Crippen LogP contribution in [0.15, 0.2) is 40.6 Å². The quantitative estimate of drug-likeness (QED) is 0.399. The number of hydrogen-bond donors (Lipinski definition) is 1. The van der Waals surface area contributed by atoms with Crippen LogP contribution in [0.2, 0.25) is 0 Å². The first-order chi connectivity index (χ1) is 11.4. The molecule has 0 spiro atoms. The fourth-order valence-corrected chi connectivity index (χ4v) is 2.58. The number of halogens is 4. The van der Waals surface area contributed by atoms with Crippen LogP contribution in [0.25, 0.3) is 0 Å². The Morgan fingerprint density at radius 3 is 2.75 bits per heavy atom. The van der Waals surface area contributed by atoms with E-state index in [4.69, 9.17) is 0 Å². The number of rotatable bonds is 3. The summed E-state index contributed by atoms with van der Waals surface area (Å²) >= 11 is 0. The maximum absolute atomic E-state index is 13.5. The smallest absolute Gasteiger partial charge is 0.411 e. The fraction of sp³-hybridized carbons (Fsp3) is 0.188. The Bertz CT molecular complexity index is 844. The van der Waals surface area contributed by atoms with E-state index >= 15 is 0 Å². The van der Waals surface area contributed by atoms with Gasteiger partial charge in [0.15, 0.2) is 5.82 Å². The molecule has 3 rings (SSSR count). The van der Waals surface area contributed by atoms with Gasteiger partial charge in [0, 0.05) is 36.4 Å². The van der Waals surface area contributed by atoms with Crippen LogP contribution in [0, 0.1) is 5.82 Å². The van der Waals surface area contributed by atoms with Gasteiger partial charge in [0.25, 0.3) is 0 Å². The van der Waals surface area contributed by atoms with Crippen molar-refractivity contribution in [2.75, 3.05) is 0 Å². The molecule has 0 radical (unpaired) electrons. The molecule has 1 aromatic carbocycles. The molecule has 0 saturated carbocycles. The molecular weight excluding hydrogens is 326 g/mol. The number of aromatic nitrogens is 1. The minimum Gasteiger partial charge on any atom is -0.411 e. The van der Waals surface area contributed by atoms with Crippen molar-refractivity contribution in [3.05, 3.63) is 58.5 Å². The molecule has 0 bridgehead atoms. The summed E-state index contributed by atoms with van der Waals surface area (Å²) in [5, 5.41) is 12.5. The van der Waals surface area contributed by atoms with Crippen molar-refractivity contribution in [1.29, 1.82) is 0 Å². The lowest BCUT2D eigenvalue weighted by Gasteiger charge is -2.12. The monoisotopic (exact) mass is 337 g/mol. The molecule has 0 fully saturated rings. The van der Waals surface area contributed by atoms with Gasteiger partial charge in [0.1, 0.15) is 5.82 Å². The Balaban J connectivity index is 1.96. The average Bonchev–Trinajstić information content (AvgIpc) is 3.00. The standard InChI is InChI=1S/C16H11F4N3O/c17-11-6-9(5-10(8-11)16(18,19)20)7-14(23-24)12-1-3-21-15-13(12)2-4-22-15/h1,3-6,8,24H,2,7H2/b23-14+. The van der Waals surface area contributed by atoms with Crippen LogP contribution in [-0.2, 0) is 19.0 Å². The van der Waals surface area contributed by atoms with Gasteiger partial charge in [-0.3, -0.25) is 0 Å². The van der Waals surface area contributed by atoms with Gasteiger partial charge in [-0.2, -0.15) is 13.2 Å². The summed E-state index contributed by atoms with van der Waals surface area (Å²) in [6.45, 7) is 0. The van der Waals surface area contributed by atoms with Gasteiger partial charge >= 0.3 is 6.18 Å². The van der Waals surface area contributed by atoms with Crippen LogP contribution in [-0.4, -0.2) is 22.1 Å². The molecule has 124 valence electrons. The normalized spacial score (nSPS) is 14.1. The second-order valence-electron chi connectivity index (χ2n) is 5.25. The SMILES string of the molecule is O/N=C(\Cc1cc(F)cc(C(F)(F)F)c1)c1ccnc2c1CC=N2. The zero-order chi connectivity index (χ0) is 17.3. The van der Waals surface area contributed by atoms with Crippen molar-refractivity contribution in [2.24, 2.45) is 10.1 Å². The number of oxime groups is 1. The first kappa shape index (κ1) is 16.1. The molecule has 0 aliphatic carbocycles. The summed E-state index contributed by atoms with van der Waals surface area (Å²) in [7, 11) is 0. The minimum atomic E-state index is -4.65. The molecular formula is C16H11F4N3O. The molecule has 1 N–H and O–H groups in total. The Kier molecular flexibility index (Phi) is 4.04. The maximum Gasteiger partial charge on any atom is 0.416 e. The predicted octanol–water partition coefficient (Wildman–Crippen LogP) is 3.92. The molecule has 0 saturated heterocycles. The molecule has 1 aliphatic rings. The van der Waals surface area contributed by atoms with Gasteiger partial charge in [-0.15, -0.1) is 0 Å². The number of aliphatic imine (C=N–C) groups is 1. The Morgan fingerprint density at radius 2 is 2.04 bits per heavy atom. The molecule has 4 nitrogen and oxygen atoms in total. The van der Waals surface area contributed by atoms with Crippen molar-refractivity contribution >= 4 is 17.7 Å². The third kappa shape index (κ3) is 3.12. The summed E-state index contributed by atoms with van der Waals surface area (Å²) in [6.07, 6.45) is -1.23. The van der Waals surface area contributed by atoms with Gasteiger partial charge < -0.3 is 5.21 Å². The highest BCUT2D eigenvalue weighted by Gasteiger charge is 2.31. The van der Waals surface area contributed by atoms with Crippen molar-refractivity contribution in [3.63, 3.8) is 0 Å². The lowest BCUT2D eigenvalue weighted by atomic mass is 9.97. The molecule has 2 heterocycles. The van der Waals surface area contributed by atoms with Crippen molar-refractivity contribution in [3.8, 4) is 0 Å². The largest absolute Gasteiger partial charge is 0.416 e. The Labute approximate surface area is 134 Å². The topological polar surface area (TPSA) is 57.8 Å². The van der Waals surface area contributed by atoms with E-state index < -0.39 is 17.6 Å². The number of fused-ring (bicyclic) bond motifs is 1. The average molecular weight is 337 g/mol. The molecule has 1 aliphatic heterocycles. The summed E-state index contributed by atoms with van der Waals surface area (Å²) in [4.78, 5) is 8.12. The number of nitrogens with zero attached hydrogens (tertiary/aromatic N) is 3. The summed E-state index contributed by atoms with van der Waals surface area (Å²) in [5.41, 5.74) is 0.339.